The van der Waals surface area contributed by atoms with Crippen molar-refractivity contribution in [1.82, 2.24) is 10.2 Å². The fourth-order valence-electron chi connectivity index (χ4n) is 1.59. The zero-order chi connectivity index (χ0) is 15.7. The molecule has 0 aromatic heterocycles. The Bertz CT molecular complexity index is 346. The predicted molar refractivity (Wildman–Crippen MR) is 73.4 cm³/mol. The van der Waals surface area contributed by atoms with Gasteiger partial charge in [0.25, 0.3) is 0 Å². The van der Waals surface area contributed by atoms with Crippen LogP contribution in [-0.2, 0) is 14.4 Å². The first kappa shape index (κ1) is 18.4. The molecule has 3 N–H and O–H groups in total. The molecular formula is C13H24N2O5. The lowest BCUT2D eigenvalue weighted by Crippen LogP contribution is -2.47. The molecule has 20 heavy (non-hydrogen) atoms. The third-order valence-corrected chi connectivity index (χ3v) is 3.03. The summed E-state index contributed by atoms with van der Waals surface area (Å²) in [6.07, 6.45) is 1.80. The van der Waals surface area contributed by atoms with Crippen molar-refractivity contribution in [2.75, 3.05) is 19.6 Å². The largest absolute Gasteiger partial charge is 0.481 e. The number of rotatable bonds is 10. The van der Waals surface area contributed by atoms with E-state index in [1.54, 1.807) is 0 Å². The van der Waals surface area contributed by atoms with Gasteiger partial charge in [0.05, 0.1) is 12.5 Å². The third kappa shape index (κ3) is 7.08. The number of carboxylic acid groups (broad SMARTS) is 2. The topological polar surface area (TPSA) is 107 Å². The number of carboxylic acids is 2. The Morgan fingerprint density at radius 3 is 2.20 bits per heavy atom. The van der Waals surface area contributed by atoms with Crippen molar-refractivity contribution in [3.8, 4) is 0 Å². The highest BCUT2D eigenvalue weighted by Crippen LogP contribution is 2.06. The summed E-state index contributed by atoms with van der Waals surface area (Å²) in [6.45, 7) is 5.37. The van der Waals surface area contributed by atoms with Crippen LogP contribution in [0.3, 0.4) is 0 Å². The van der Waals surface area contributed by atoms with E-state index in [0.29, 0.717) is 6.54 Å². The number of hydrogen-bond acceptors (Lipinski definition) is 4. The van der Waals surface area contributed by atoms with Crippen LogP contribution >= 0.6 is 0 Å². The van der Waals surface area contributed by atoms with Gasteiger partial charge in [0.15, 0.2) is 0 Å². The van der Waals surface area contributed by atoms with Crippen LogP contribution in [0.1, 0.15) is 33.6 Å². The highest BCUT2D eigenvalue weighted by atomic mass is 16.4. The predicted octanol–water partition coefficient (Wildman–Crippen LogP) is 0.399. The number of carbonyl (C=O) groups is 3. The van der Waals surface area contributed by atoms with Crippen LogP contribution in [0.4, 0.5) is 0 Å². The lowest BCUT2D eigenvalue weighted by molar-refractivity contribution is -0.147. The van der Waals surface area contributed by atoms with Crippen molar-refractivity contribution in [2.45, 2.75) is 39.7 Å². The highest BCUT2D eigenvalue weighted by molar-refractivity contribution is 5.80. The first-order valence-electron chi connectivity index (χ1n) is 6.75. The molecule has 0 aliphatic heterocycles. The van der Waals surface area contributed by atoms with Gasteiger partial charge in [-0.25, -0.2) is 0 Å². The maximum Gasteiger partial charge on any atom is 0.320 e. The molecule has 0 fully saturated rings. The van der Waals surface area contributed by atoms with Crippen LogP contribution in [-0.4, -0.2) is 58.6 Å². The Hall–Kier alpha value is -1.63. The van der Waals surface area contributed by atoms with E-state index in [4.69, 9.17) is 10.2 Å². The second kappa shape index (κ2) is 9.30. The van der Waals surface area contributed by atoms with Gasteiger partial charge >= 0.3 is 11.9 Å². The second-order valence-electron chi connectivity index (χ2n) is 4.89. The van der Waals surface area contributed by atoms with Crippen molar-refractivity contribution < 1.29 is 24.6 Å². The molecule has 7 nitrogen and oxygen atoms in total. The molecule has 1 amide bonds. The zero-order valence-electron chi connectivity index (χ0n) is 12.3. The molecule has 0 rings (SSSR count). The summed E-state index contributed by atoms with van der Waals surface area (Å²) in [5.41, 5.74) is 0. The van der Waals surface area contributed by atoms with Crippen molar-refractivity contribution in [3.63, 3.8) is 0 Å². The van der Waals surface area contributed by atoms with Crippen LogP contribution in [0.25, 0.3) is 0 Å². The maximum absolute atomic E-state index is 11.7. The van der Waals surface area contributed by atoms with Gasteiger partial charge in [0.1, 0.15) is 6.04 Å². The second-order valence-corrected chi connectivity index (χ2v) is 4.89. The molecule has 0 aromatic rings. The Morgan fingerprint density at radius 2 is 1.75 bits per heavy atom. The third-order valence-electron chi connectivity index (χ3n) is 3.03. The Morgan fingerprint density at radius 1 is 1.15 bits per heavy atom. The molecule has 0 saturated heterocycles. The molecule has 2 atom stereocenters. The Kier molecular flexibility index (Phi) is 8.54. The minimum Gasteiger partial charge on any atom is -0.481 e. The molecule has 0 heterocycles. The van der Waals surface area contributed by atoms with E-state index in [-0.39, 0.29) is 19.0 Å². The van der Waals surface area contributed by atoms with Gasteiger partial charge in [0.2, 0.25) is 5.91 Å². The SMILES string of the molecule is CCCCNC(=O)CN(CC(C)C(=O)O)C(C)C(=O)O. The van der Waals surface area contributed by atoms with Crippen molar-refractivity contribution in [1.29, 1.82) is 0 Å². The average molecular weight is 288 g/mol. The molecule has 0 aromatic carbocycles. The minimum absolute atomic E-state index is 0.0179. The monoisotopic (exact) mass is 288 g/mol. The van der Waals surface area contributed by atoms with Gasteiger partial charge in [-0.15, -0.1) is 0 Å². The molecule has 116 valence electrons. The van der Waals surface area contributed by atoms with E-state index >= 15 is 0 Å². The molecule has 7 heteroatoms. The van der Waals surface area contributed by atoms with E-state index in [0.717, 1.165) is 12.8 Å². The lowest BCUT2D eigenvalue weighted by atomic mass is 10.1. The van der Waals surface area contributed by atoms with E-state index in [1.165, 1.54) is 18.7 Å². The van der Waals surface area contributed by atoms with Crippen LogP contribution in [0, 0.1) is 5.92 Å². The van der Waals surface area contributed by atoms with Gasteiger partial charge < -0.3 is 15.5 Å². The van der Waals surface area contributed by atoms with Gasteiger partial charge in [-0.3, -0.25) is 19.3 Å². The minimum atomic E-state index is -1.08. The Balaban J connectivity index is 4.56. The lowest BCUT2D eigenvalue weighted by Gasteiger charge is -2.27. The molecular weight excluding hydrogens is 264 g/mol. The number of carbonyl (C=O) groups excluding carboxylic acids is 1. The van der Waals surface area contributed by atoms with Gasteiger partial charge in [0, 0.05) is 13.1 Å². The summed E-state index contributed by atoms with van der Waals surface area (Å²) in [5.74, 6) is -3.12. The van der Waals surface area contributed by atoms with Crippen molar-refractivity contribution in [2.24, 2.45) is 5.92 Å². The molecule has 0 spiro atoms. The quantitative estimate of drug-likeness (QED) is 0.502. The summed E-state index contributed by atoms with van der Waals surface area (Å²) < 4.78 is 0. The van der Waals surface area contributed by atoms with Crippen molar-refractivity contribution >= 4 is 17.8 Å². The molecule has 0 saturated carbocycles. The number of nitrogens with zero attached hydrogens (tertiary/aromatic N) is 1. The van der Waals surface area contributed by atoms with Crippen LogP contribution in [0.2, 0.25) is 0 Å². The van der Waals surface area contributed by atoms with Gasteiger partial charge in [-0.1, -0.05) is 20.3 Å². The summed E-state index contributed by atoms with van der Waals surface area (Å²) in [7, 11) is 0. The molecule has 0 aliphatic rings. The van der Waals surface area contributed by atoms with Gasteiger partial charge in [-0.2, -0.15) is 0 Å². The molecule has 0 radical (unpaired) electrons. The van der Waals surface area contributed by atoms with Gasteiger partial charge in [-0.05, 0) is 13.3 Å². The average Bonchev–Trinajstić information content (AvgIpc) is 2.36. The fraction of sp³-hybridized carbons (Fsp3) is 0.769. The van der Waals surface area contributed by atoms with E-state index in [2.05, 4.69) is 5.32 Å². The highest BCUT2D eigenvalue weighted by Gasteiger charge is 2.26. The smallest absolute Gasteiger partial charge is 0.320 e. The number of unbranched alkanes of at least 4 members (excludes halogenated alkanes) is 1. The van der Waals surface area contributed by atoms with Crippen molar-refractivity contribution in [3.05, 3.63) is 0 Å². The summed E-state index contributed by atoms with van der Waals surface area (Å²) in [6, 6.07) is -0.909. The Labute approximate surface area is 119 Å². The van der Waals surface area contributed by atoms with E-state index < -0.39 is 23.9 Å². The van der Waals surface area contributed by atoms with Crippen LogP contribution in [0.15, 0.2) is 0 Å². The van der Waals surface area contributed by atoms with Crippen LogP contribution in [0.5, 0.6) is 0 Å². The first-order chi connectivity index (χ1) is 9.29. The summed E-state index contributed by atoms with van der Waals surface area (Å²) in [4.78, 5) is 34.9. The maximum atomic E-state index is 11.7. The zero-order valence-corrected chi connectivity index (χ0v) is 12.3. The molecule has 0 bridgehead atoms. The van der Waals surface area contributed by atoms with E-state index in [1.807, 2.05) is 6.92 Å². The van der Waals surface area contributed by atoms with Crippen LogP contribution < -0.4 is 5.32 Å². The first-order valence-corrected chi connectivity index (χ1v) is 6.75. The fourth-order valence-corrected chi connectivity index (χ4v) is 1.59. The number of amides is 1. The number of hydrogen-bond donors (Lipinski definition) is 3. The van der Waals surface area contributed by atoms with E-state index in [9.17, 15) is 14.4 Å². The molecule has 2 unspecified atom stereocenters. The normalized spacial score (nSPS) is 13.8. The standard InChI is InChI=1S/C13H24N2O5/c1-4-5-6-14-11(16)8-15(10(3)13(19)20)7-9(2)12(17)18/h9-10H,4-8H2,1-3H3,(H,14,16)(H,17,18)(H,19,20). The molecule has 0 aliphatic carbocycles. The summed E-state index contributed by atoms with van der Waals surface area (Å²) >= 11 is 0. The summed E-state index contributed by atoms with van der Waals surface area (Å²) in [5, 5.41) is 20.6. The number of aliphatic carboxylic acids is 2. The number of nitrogens with one attached hydrogen (secondary N) is 1.